The molecule has 1 nitrogen and oxygen atoms in total. The van der Waals surface area contributed by atoms with E-state index in [1.807, 2.05) is 0 Å². The lowest BCUT2D eigenvalue weighted by molar-refractivity contribution is 0.195. The molecule has 1 saturated carbocycles. The van der Waals surface area contributed by atoms with Gasteiger partial charge in [-0.15, -0.1) is 11.6 Å². The lowest BCUT2D eigenvalue weighted by atomic mass is 9.97. The molecule has 1 aromatic rings. The minimum Gasteiger partial charge on any atom is -0.490 e. The third-order valence-corrected chi connectivity index (χ3v) is 4.47. The number of alkyl halides is 1. The minimum absolute atomic E-state index is 0.177. The zero-order valence-electron chi connectivity index (χ0n) is 9.66. The molecule has 17 heavy (non-hydrogen) atoms. The summed E-state index contributed by atoms with van der Waals surface area (Å²) in [5, 5.41) is 0.305. The molecule has 92 valence electrons. The van der Waals surface area contributed by atoms with E-state index < -0.39 is 0 Å². The Hall–Kier alpha value is -0.760. The van der Waals surface area contributed by atoms with Crippen molar-refractivity contribution in [3.05, 3.63) is 29.6 Å². The fourth-order valence-corrected chi connectivity index (χ4v) is 3.40. The second-order valence-electron chi connectivity index (χ2n) is 5.14. The van der Waals surface area contributed by atoms with Gasteiger partial charge in [0, 0.05) is 17.4 Å². The van der Waals surface area contributed by atoms with E-state index in [4.69, 9.17) is 16.3 Å². The fraction of sp³-hybridized carbons (Fsp3) is 0.571. The lowest BCUT2D eigenvalue weighted by Gasteiger charge is -2.18. The van der Waals surface area contributed by atoms with Crippen molar-refractivity contribution in [3.8, 4) is 5.75 Å². The monoisotopic (exact) mass is 254 g/mol. The molecule has 1 aromatic carbocycles. The Bertz CT molecular complexity index is 421. The van der Waals surface area contributed by atoms with Crippen molar-refractivity contribution in [1.82, 2.24) is 0 Å². The van der Waals surface area contributed by atoms with Crippen molar-refractivity contribution in [1.29, 1.82) is 0 Å². The highest BCUT2D eigenvalue weighted by Gasteiger charge is 2.31. The van der Waals surface area contributed by atoms with Crippen LogP contribution >= 0.6 is 11.6 Å². The van der Waals surface area contributed by atoms with E-state index >= 15 is 0 Å². The Labute approximate surface area is 106 Å². The highest BCUT2D eigenvalue weighted by atomic mass is 35.5. The summed E-state index contributed by atoms with van der Waals surface area (Å²) in [6, 6.07) is 4.78. The van der Waals surface area contributed by atoms with Crippen LogP contribution in [0.4, 0.5) is 4.39 Å². The van der Waals surface area contributed by atoms with Crippen molar-refractivity contribution in [2.24, 2.45) is 5.92 Å². The quantitative estimate of drug-likeness (QED) is 0.727. The fourth-order valence-electron chi connectivity index (χ4n) is 3.02. The average Bonchev–Trinajstić information content (AvgIpc) is 2.85. The van der Waals surface area contributed by atoms with Crippen LogP contribution in [0.25, 0.3) is 0 Å². The van der Waals surface area contributed by atoms with Crippen LogP contribution in [-0.2, 0) is 6.42 Å². The number of hydrogen-bond acceptors (Lipinski definition) is 1. The molecular weight excluding hydrogens is 239 g/mol. The van der Waals surface area contributed by atoms with Crippen molar-refractivity contribution >= 4 is 11.6 Å². The van der Waals surface area contributed by atoms with Crippen molar-refractivity contribution in [3.63, 3.8) is 0 Å². The van der Waals surface area contributed by atoms with E-state index in [0.29, 0.717) is 11.3 Å². The summed E-state index contributed by atoms with van der Waals surface area (Å²) >= 11 is 6.28. The van der Waals surface area contributed by atoms with Gasteiger partial charge in [0.05, 0.1) is 0 Å². The molecule has 3 unspecified atom stereocenters. The van der Waals surface area contributed by atoms with Gasteiger partial charge >= 0.3 is 0 Å². The Morgan fingerprint density at radius 2 is 2.24 bits per heavy atom. The van der Waals surface area contributed by atoms with Gasteiger partial charge in [0.2, 0.25) is 0 Å². The van der Waals surface area contributed by atoms with Gasteiger partial charge < -0.3 is 4.74 Å². The first-order valence-electron chi connectivity index (χ1n) is 6.31. The maximum Gasteiger partial charge on any atom is 0.123 e. The van der Waals surface area contributed by atoms with Crippen LogP contribution in [0.3, 0.4) is 0 Å². The molecule has 0 radical (unpaired) electrons. The van der Waals surface area contributed by atoms with Gasteiger partial charge in [0.1, 0.15) is 17.7 Å². The summed E-state index contributed by atoms with van der Waals surface area (Å²) in [5.74, 6) is 1.24. The SMILES string of the molecule is Fc1ccc2c(c1)CC(CC1CCCC1Cl)O2. The maximum atomic E-state index is 13.1. The smallest absolute Gasteiger partial charge is 0.123 e. The number of fused-ring (bicyclic) bond motifs is 1. The van der Waals surface area contributed by atoms with Crippen molar-refractivity contribution in [2.45, 2.75) is 43.6 Å². The molecule has 1 fully saturated rings. The van der Waals surface area contributed by atoms with Crippen molar-refractivity contribution < 1.29 is 9.13 Å². The Balaban J connectivity index is 1.66. The van der Waals surface area contributed by atoms with E-state index in [1.165, 1.54) is 18.9 Å². The van der Waals surface area contributed by atoms with Crippen molar-refractivity contribution in [2.75, 3.05) is 0 Å². The Morgan fingerprint density at radius 1 is 1.35 bits per heavy atom. The van der Waals surface area contributed by atoms with E-state index in [0.717, 1.165) is 30.6 Å². The molecule has 1 aliphatic carbocycles. The van der Waals surface area contributed by atoms with E-state index in [2.05, 4.69) is 0 Å². The lowest BCUT2D eigenvalue weighted by Crippen LogP contribution is -2.20. The molecule has 3 atom stereocenters. The highest BCUT2D eigenvalue weighted by Crippen LogP contribution is 2.37. The summed E-state index contributed by atoms with van der Waals surface area (Å²) in [7, 11) is 0. The summed E-state index contributed by atoms with van der Waals surface area (Å²) in [5.41, 5.74) is 0.999. The molecule has 1 heterocycles. The molecule has 2 aliphatic rings. The van der Waals surface area contributed by atoms with E-state index in [1.54, 1.807) is 12.1 Å². The van der Waals surface area contributed by atoms with Crippen LogP contribution < -0.4 is 4.74 Å². The van der Waals surface area contributed by atoms with Crippen LogP contribution in [0.1, 0.15) is 31.2 Å². The molecule has 0 amide bonds. The van der Waals surface area contributed by atoms with Crippen LogP contribution in [0.5, 0.6) is 5.75 Å². The molecule has 1 aliphatic heterocycles. The standard InChI is InChI=1S/C14H16ClFO/c15-13-3-1-2-9(13)7-12-8-10-6-11(16)4-5-14(10)17-12/h4-6,9,12-13H,1-3,7-8H2. The third kappa shape index (κ3) is 2.28. The number of benzene rings is 1. The summed E-state index contributed by atoms with van der Waals surface area (Å²) in [6.45, 7) is 0. The number of halogens is 2. The first-order chi connectivity index (χ1) is 8.22. The predicted octanol–water partition coefficient (Wildman–Crippen LogP) is 3.93. The third-order valence-electron chi connectivity index (χ3n) is 3.90. The van der Waals surface area contributed by atoms with Gasteiger partial charge in [0.25, 0.3) is 0 Å². The van der Waals surface area contributed by atoms with E-state index in [-0.39, 0.29) is 11.9 Å². The Morgan fingerprint density at radius 3 is 3.00 bits per heavy atom. The largest absolute Gasteiger partial charge is 0.490 e. The average molecular weight is 255 g/mol. The second kappa shape index (κ2) is 4.49. The number of hydrogen-bond donors (Lipinski definition) is 0. The van der Waals surface area contributed by atoms with Gasteiger partial charge in [-0.05, 0) is 43.4 Å². The predicted molar refractivity (Wildman–Crippen MR) is 66.1 cm³/mol. The van der Waals surface area contributed by atoms with E-state index in [9.17, 15) is 4.39 Å². The summed E-state index contributed by atoms with van der Waals surface area (Å²) in [6.07, 6.45) is 5.58. The molecule has 3 heteroatoms. The van der Waals surface area contributed by atoms with Gasteiger partial charge in [-0.25, -0.2) is 4.39 Å². The summed E-state index contributed by atoms with van der Waals surface area (Å²) < 4.78 is 18.9. The van der Waals surface area contributed by atoms with Crippen LogP contribution in [0.15, 0.2) is 18.2 Å². The molecule has 0 N–H and O–H groups in total. The van der Waals surface area contributed by atoms with Gasteiger partial charge in [0.15, 0.2) is 0 Å². The molecule has 0 saturated heterocycles. The topological polar surface area (TPSA) is 9.23 Å². The molecule has 0 bridgehead atoms. The first kappa shape index (κ1) is 11.3. The zero-order chi connectivity index (χ0) is 11.8. The number of rotatable bonds is 2. The van der Waals surface area contributed by atoms with Crippen LogP contribution in [-0.4, -0.2) is 11.5 Å². The zero-order valence-corrected chi connectivity index (χ0v) is 10.4. The molecular formula is C14H16ClFO. The molecule has 0 spiro atoms. The van der Waals surface area contributed by atoms with Gasteiger partial charge in [-0.2, -0.15) is 0 Å². The van der Waals surface area contributed by atoms with Crippen LogP contribution in [0, 0.1) is 11.7 Å². The van der Waals surface area contributed by atoms with Crippen LogP contribution in [0.2, 0.25) is 0 Å². The Kier molecular flexibility index (Phi) is 2.99. The number of ether oxygens (including phenoxy) is 1. The molecule has 0 aromatic heterocycles. The summed E-state index contributed by atoms with van der Waals surface area (Å²) in [4.78, 5) is 0. The second-order valence-corrected chi connectivity index (χ2v) is 5.70. The van der Waals surface area contributed by atoms with Gasteiger partial charge in [-0.3, -0.25) is 0 Å². The van der Waals surface area contributed by atoms with Gasteiger partial charge in [-0.1, -0.05) is 6.42 Å². The normalized spacial score (nSPS) is 31.3. The highest BCUT2D eigenvalue weighted by molar-refractivity contribution is 6.20. The molecule has 3 rings (SSSR count). The first-order valence-corrected chi connectivity index (χ1v) is 6.75. The minimum atomic E-state index is -0.177. The maximum absolute atomic E-state index is 13.1.